The highest BCUT2D eigenvalue weighted by Crippen LogP contribution is 2.15. The van der Waals surface area contributed by atoms with Crippen molar-refractivity contribution in [2.75, 3.05) is 6.26 Å². The zero-order chi connectivity index (χ0) is 15.9. The van der Waals surface area contributed by atoms with Crippen molar-refractivity contribution in [3.05, 3.63) is 23.5 Å². The van der Waals surface area contributed by atoms with Crippen LogP contribution in [0.25, 0.3) is 0 Å². The van der Waals surface area contributed by atoms with Gasteiger partial charge in [-0.1, -0.05) is 0 Å². The van der Waals surface area contributed by atoms with Crippen LogP contribution in [-0.4, -0.2) is 30.2 Å². The van der Waals surface area contributed by atoms with Crippen molar-refractivity contribution < 1.29 is 22.1 Å². The summed E-state index contributed by atoms with van der Waals surface area (Å²) in [4.78, 5) is 11.9. The number of hydrogen-bond donors (Lipinski definition) is 0. The van der Waals surface area contributed by atoms with Crippen molar-refractivity contribution in [1.82, 2.24) is 3.97 Å². The molecule has 5 nitrogen and oxygen atoms in total. The second-order valence-corrected chi connectivity index (χ2v) is 6.53. The van der Waals surface area contributed by atoms with Gasteiger partial charge in [0.1, 0.15) is 5.60 Å². The fourth-order valence-corrected chi connectivity index (χ4v) is 1.88. The average molecular weight is 262 g/mol. The van der Waals surface area contributed by atoms with E-state index in [4.69, 9.17) is 8.85 Å². The number of rotatable bonds is 2. The van der Waals surface area contributed by atoms with Gasteiger partial charge in [-0.3, -0.25) is 0 Å². The van der Waals surface area contributed by atoms with Gasteiger partial charge < -0.3 is 4.74 Å². The number of carbonyl (C=O) groups excluding carboxylic acids is 1. The molecule has 0 aromatic carbocycles. The normalized spacial score (nSPS) is 15.9. The number of esters is 1. The molecule has 0 radical (unpaired) electrons. The Hall–Kier alpha value is -1.30. The first-order valence-corrected chi connectivity index (χ1v) is 6.73. The molecule has 0 aliphatic rings. The van der Waals surface area contributed by atoms with Crippen LogP contribution < -0.4 is 0 Å². The van der Waals surface area contributed by atoms with Crippen molar-refractivity contribution in [3.8, 4) is 0 Å². The molecule has 0 N–H and O–H groups in total. The van der Waals surface area contributed by atoms with Crippen molar-refractivity contribution in [2.24, 2.45) is 0 Å². The molecule has 0 atom stereocenters. The number of hydrogen-bond acceptors (Lipinski definition) is 4. The van der Waals surface area contributed by atoms with Crippen molar-refractivity contribution in [3.63, 3.8) is 0 Å². The molecule has 0 aliphatic carbocycles. The summed E-state index contributed by atoms with van der Waals surface area (Å²) in [6.07, 6.45) is 1.83. The topological polar surface area (TPSA) is 65.4 Å². The standard InChI is InChI=1S/C11H17NO4S/c1-8-6-9(7-12(8)17(5,14)15)10(13)16-11(2,3)4/h6-7H,1-5H3/i1D3. The van der Waals surface area contributed by atoms with Crippen LogP contribution >= 0.6 is 0 Å². The van der Waals surface area contributed by atoms with Gasteiger partial charge in [-0.15, -0.1) is 0 Å². The minimum Gasteiger partial charge on any atom is -0.456 e. The SMILES string of the molecule is [2H]C([2H])([2H])c1cc(C(=O)OC(C)(C)C)cn1S(C)(=O)=O. The summed E-state index contributed by atoms with van der Waals surface area (Å²) in [7, 11) is -3.82. The van der Waals surface area contributed by atoms with Crippen LogP contribution in [0.5, 0.6) is 0 Å². The van der Waals surface area contributed by atoms with E-state index in [1.165, 1.54) is 0 Å². The Morgan fingerprint density at radius 1 is 1.47 bits per heavy atom. The summed E-state index contributed by atoms with van der Waals surface area (Å²) in [5, 5.41) is 0. The predicted octanol–water partition coefficient (Wildman–Crippen LogP) is 1.56. The first-order chi connectivity index (χ1) is 8.72. The third-order valence-corrected chi connectivity index (χ3v) is 2.79. The number of carbonyl (C=O) groups is 1. The molecule has 0 spiro atoms. The van der Waals surface area contributed by atoms with Gasteiger partial charge in [0.15, 0.2) is 0 Å². The monoisotopic (exact) mass is 262 g/mol. The number of ether oxygens (including phenoxy) is 1. The highest BCUT2D eigenvalue weighted by atomic mass is 32.2. The fraction of sp³-hybridized carbons (Fsp3) is 0.545. The predicted molar refractivity (Wildman–Crippen MR) is 64.6 cm³/mol. The van der Waals surface area contributed by atoms with E-state index >= 15 is 0 Å². The van der Waals surface area contributed by atoms with Crippen LogP contribution in [0.1, 0.15) is 40.9 Å². The molecule has 0 saturated carbocycles. The van der Waals surface area contributed by atoms with Gasteiger partial charge in [0.25, 0.3) is 0 Å². The molecule has 1 rings (SSSR count). The van der Waals surface area contributed by atoms with Gasteiger partial charge in [0, 0.05) is 16.0 Å². The van der Waals surface area contributed by atoms with Gasteiger partial charge in [-0.25, -0.2) is 17.2 Å². The molecule has 0 aliphatic heterocycles. The second-order valence-electron chi connectivity index (χ2n) is 4.67. The number of aromatic nitrogens is 1. The highest BCUT2D eigenvalue weighted by molar-refractivity contribution is 7.89. The molecule has 0 fully saturated rings. The summed E-state index contributed by atoms with van der Waals surface area (Å²) >= 11 is 0. The third-order valence-electron chi connectivity index (χ3n) is 1.78. The molecule has 0 unspecified atom stereocenters. The van der Waals surface area contributed by atoms with Crippen LogP contribution in [0.15, 0.2) is 12.3 Å². The lowest BCUT2D eigenvalue weighted by molar-refractivity contribution is 0.00697. The Kier molecular flexibility index (Phi) is 2.38. The van der Waals surface area contributed by atoms with Crippen molar-refractivity contribution in [1.29, 1.82) is 0 Å². The smallest absolute Gasteiger partial charge is 0.340 e. The number of nitrogens with zero attached hydrogens (tertiary/aromatic N) is 1. The van der Waals surface area contributed by atoms with E-state index < -0.39 is 34.1 Å². The molecule has 1 aromatic rings. The van der Waals surface area contributed by atoms with E-state index in [1.54, 1.807) is 20.8 Å². The quantitative estimate of drug-likeness (QED) is 0.759. The number of aryl methyl sites for hydroxylation is 1. The van der Waals surface area contributed by atoms with E-state index in [9.17, 15) is 13.2 Å². The molecule has 96 valence electrons. The fourth-order valence-electron chi connectivity index (χ4n) is 1.17. The van der Waals surface area contributed by atoms with Crippen LogP contribution in [0, 0.1) is 6.85 Å². The Balaban J connectivity index is 3.34. The van der Waals surface area contributed by atoms with Crippen LogP contribution in [-0.2, 0) is 14.8 Å². The van der Waals surface area contributed by atoms with E-state index in [0.29, 0.717) is 3.97 Å². The van der Waals surface area contributed by atoms with E-state index in [2.05, 4.69) is 0 Å². The van der Waals surface area contributed by atoms with E-state index in [0.717, 1.165) is 18.5 Å². The first kappa shape index (κ1) is 9.70. The Labute approximate surface area is 106 Å². The van der Waals surface area contributed by atoms with Gasteiger partial charge in [0.2, 0.25) is 10.0 Å². The third kappa shape index (κ3) is 3.59. The van der Waals surface area contributed by atoms with E-state index in [-0.39, 0.29) is 5.56 Å². The summed E-state index contributed by atoms with van der Waals surface area (Å²) < 4.78 is 50.8. The molecule has 17 heavy (non-hydrogen) atoms. The molecular weight excluding hydrogens is 242 g/mol. The van der Waals surface area contributed by atoms with Crippen molar-refractivity contribution in [2.45, 2.75) is 33.2 Å². The first-order valence-electron chi connectivity index (χ1n) is 6.38. The zero-order valence-electron chi connectivity index (χ0n) is 13.1. The summed E-state index contributed by atoms with van der Waals surface area (Å²) in [6, 6.07) is 1.02. The Morgan fingerprint density at radius 2 is 2.06 bits per heavy atom. The zero-order valence-corrected chi connectivity index (χ0v) is 11.0. The minimum atomic E-state index is -3.82. The molecule has 0 amide bonds. The minimum absolute atomic E-state index is 0.114. The van der Waals surface area contributed by atoms with E-state index in [1.807, 2.05) is 0 Å². The summed E-state index contributed by atoms with van der Waals surface area (Å²) in [6.45, 7) is 2.32. The van der Waals surface area contributed by atoms with Gasteiger partial charge in [-0.2, -0.15) is 0 Å². The van der Waals surface area contributed by atoms with Gasteiger partial charge >= 0.3 is 5.97 Å². The lowest BCUT2D eigenvalue weighted by Gasteiger charge is -2.18. The summed E-state index contributed by atoms with van der Waals surface area (Å²) in [5.74, 6) is -0.773. The van der Waals surface area contributed by atoms with Crippen LogP contribution in [0.2, 0.25) is 0 Å². The highest BCUT2D eigenvalue weighted by Gasteiger charge is 2.21. The Morgan fingerprint density at radius 3 is 2.41 bits per heavy atom. The van der Waals surface area contributed by atoms with Gasteiger partial charge in [0.05, 0.1) is 11.8 Å². The van der Waals surface area contributed by atoms with Crippen LogP contribution in [0.4, 0.5) is 0 Å². The lowest BCUT2D eigenvalue weighted by Crippen LogP contribution is -2.23. The van der Waals surface area contributed by atoms with Crippen molar-refractivity contribution >= 4 is 16.0 Å². The molecule has 6 heteroatoms. The molecule has 0 bridgehead atoms. The maximum absolute atomic E-state index is 11.9. The van der Waals surface area contributed by atoms with Gasteiger partial charge in [-0.05, 0) is 33.7 Å². The lowest BCUT2D eigenvalue weighted by atomic mass is 10.2. The Bertz CT molecular complexity index is 623. The molecule has 1 heterocycles. The second kappa shape index (κ2) is 4.18. The maximum atomic E-state index is 11.9. The summed E-state index contributed by atoms with van der Waals surface area (Å²) in [5.41, 5.74) is -1.32. The maximum Gasteiger partial charge on any atom is 0.340 e. The largest absolute Gasteiger partial charge is 0.456 e. The molecular formula is C11H17NO4S. The molecule has 1 aromatic heterocycles. The van der Waals surface area contributed by atoms with Crippen LogP contribution in [0.3, 0.4) is 0 Å². The molecule has 0 saturated heterocycles. The average Bonchev–Trinajstić information content (AvgIpc) is 2.56.